The standard InChI is InChI=1S/C4H12N4/c1-6-7-4(5)8(2)3/h6H,1-3H3,(H2,5,7). The number of hydrogen-bond acceptors (Lipinski definition) is 2. The highest BCUT2D eigenvalue weighted by atomic mass is 15.4. The average molecular weight is 116 g/mol. The second kappa shape index (κ2) is 3.12. The van der Waals surface area contributed by atoms with E-state index in [0.29, 0.717) is 5.96 Å². The maximum absolute atomic E-state index is 5.34. The summed E-state index contributed by atoms with van der Waals surface area (Å²) in [5.74, 6) is 0.479. The highest BCUT2D eigenvalue weighted by Crippen LogP contribution is 1.68. The van der Waals surface area contributed by atoms with Crippen molar-refractivity contribution >= 4 is 5.96 Å². The fraction of sp³-hybridized carbons (Fsp3) is 0.750. The van der Waals surface area contributed by atoms with E-state index in [1.54, 1.807) is 11.9 Å². The number of nitrogens with one attached hydrogen (secondary N) is 1. The number of nitrogens with two attached hydrogens (primary N) is 1. The van der Waals surface area contributed by atoms with Gasteiger partial charge in [-0.05, 0) is 0 Å². The van der Waals surface area contributed by atoms with Crippen molar-refractivity contribution in [3.63, 3.8) is 0 Å². The molecule has 0 radical (unpaired) electrons. The van der Waals surface area contributed by atoms with Gasteiger partial charge < -0.3 is 16.1 Å². The van der Waals surface area contributed by atoms with Gasteiger partial charge in [0, 0.05) is 21.1 Å². The quantitative estimate of drug-likeness (QED) is 0.262. The van der Waals surface area contributed by atoms with Crippen molar-refractivity contribution in [2.75, 3.05) is 21.1 Å². The first-order valence-corrected chi connectivity index (χ1v) is 2.35. The SMILES string of the molecule is CNN=C(N)N(C)C. The van der Waals surface area contributed by atoms with Crippen LogP contribution in [0.1, 0.15) is 0 Å². The van der Waals surface area contributed by atoms with E-state index in [4.69, 9.17) is 5.73 Å². The van der Waals surface area contributed by atoms with Crippen molar-refractivity contribution < 1.29 is 0 Å². The molecule has 48 valence electrons. The van der Waals surface area contributed by atoms with E-state index >= 15 is 0 Å². The summed E-state index contributed by atoms with van der Waals surface area (Å²) in [5, 5.41) is 3.69. The monoisotopic (exact) mass is 116 g/mol. The van der Waals surface area contributed by atoms with E-state index in [1.807, 2.05) is 14.1 Å². The summed E-state index contributed by atoms with van der Waals surface area (Å²) in [4.78, 5) is 1.72. The third-order valence-corrected chi connectivity index (χ3v) is 0.685. The van der Waals surface area contributed by atoms with Gasteiger partial charge in [0.2, 0.25) is 5.96 Å². The molecule has 0 rings (SSSR count). The van der Waals surface area contributed by atoms with Gasteiger partial charge in [0.1, 0.15) is 0 Å². The maximum atomic E-state index is 5.34. The molecule has 8 heavy (non-hydrogen) atoms. The van der Waals surface area contributed by atoms with Crippen LogP contribution in [-0.2, 0) is 0 Å². The lowest BCUT2D eigenvalue weighted by Gasteiger charge is -2.08. The van der Waals surface area contributed by atoms with Gasteiger partial charge in [-0.2, -0.15) is 0 Å². The minimum absolute atomic E-state index is 0.479. The zero-order chi connectivity index (χ0) is 6.57. The van der Waals surface area contributed by atoms with Gasteiger partial charge in [-0.25, -0.2) is 0 Å². The Balaban J connectivity index is 3.61. The molecule has 0 aromatic rings. The van der Waals surface area contributed by atoms with Crippen molar-refractivity contribution in [1.82, 2.24) is 10.3 Å². The van der Waals surface area contributed by atoms with Crippen LogP contribution in [-0.4, -0.2) is 32.0 Å². The molecule has 4 heteroatoms. The fourth-order valence-corrected chi connectivity index (χ4v) is 0.215. The molecule has 0 bridgehead atoms. The molecule has 0 unspecified atom stereocenters. The lowest BCUT2D eigenvalue weighted by atomic mass is 10.8. The Bertz CT molecular complexity index is 86.0. The number of hydrogen-bond donors (Lipinski definition) is 2. The molecule has 3 N–H and O–H groups in total. The van der Waals surface area contributed by atoms with Crippen molar-refractivity contribution in [3.8, 4) is 0 Å². The predicted molar refractivity (Wildman–Crippen MR) is 34.4 cm³/mol. The third kappa shape index (κ3) is 2.28. The van der Waals surface area contributed by atoms with Crippen molar-refractivity contribution in [2.24, 2.45) is 10.8 Å². The molecular weight excluding hydrogens is 104 g/mol. The molecule has 0 amide bonds. The Morgan fingerprint density at radius 3 is 2.25 bits per heavy atom. The summed E-state index contributed by atoms with van der Waals surface area (Å²) in [6.45, 7) is 0. The number of rotatable bonds is 1. The molecule has 0 aliphatic heterocycles. The van der Waals surface area contributed by atoms with Gasteiger partial charge in [-0.1, -0.05) is 0 Å². The minimum atomic E-state index is 0.479. The topological polar surface area (TPSA) is 53.6 Å². The smallest absolute Gasteiger partial charge is 0.213 e. The fourth-order valence-electron chi connectivity index (χ4n) is 0.215. The molecule has 0 aliphatic rings. The van der Waals surface area contributed by atoms with Crippen molar-refractivity contribution in [3.05, 3.63) is 0 Å². The predicted octanol–water partition coefficient (Wildman–Crippen LogP) is -1.00. The lowest BCUT2D eigenvalue weighted by Crippen LogP contribution is -2.31. The summed E-state index contributed by atoms with van der Waals surface area (Å²) >= 11 is 0. The van der Waals surface area contributed by atoms with Gasteiger partial charge in [0.05, 0.1) is 0 Å². The molecule has 0 saturated carbocycles. The maximum Gasteiger partial charge on any atom is 0.213 e. The van der Waals surface area contributed by atoms with Gasteiger partial charge >= 0.3 is 0 Å². The molecule has 0 spiro atoms. The molecular formula is C4H12N4. The molecule has 0 saturated heterocycles. The third-order valence-electron chi connectivity index (χ3n) is 0.685. The Morgan fingerprint density at radius 1 is 1.62 bits per heavy atom. The van der Waals surface area contributed by atoms with E-state index in [1.165, 1.54) is 0 Å². The first-order valence-electron chi connectivity index (χ1n) is 2.35. The van der Waals surface area contributed by atoms with Crippen LogP contribution in [0.3, 0.4) is 0 Å². The Kier molecular flexibility index (Phi) is 2.76. The Labute approximate surface area is 49.3 Å². The highest BCUT2D eigenvalue weighted by Gasteiger charge is 1.88. The van der Waals surface area contributed by atoms with Crippen LogP contribution in [0.4, 0.5) is 0 Å². The molecule has 0 heterocycles. The number of hydrazone groups is 1. The van der Waals surface area contributed by atoms with E-state index in [0.717, 1.165) is 0 Å². The highest BCUT2D eigenvalue weighted by molar-refractivity contribution is 5.77. The second-order valence-corrected chi connectivity index (χ2v) is 1.59. The first-order chi connectivity index (χ1) is 3.68. The first kappa shape index (κ1) is 7.07. The van der Waals surface area contributed by atoms with Crippen LogP contribution in [0.25, 0.3) is 0 Å². The van der Waals surface area contributed by atoms with Gasteiger partial charge in [-0.3, -0.25) is 0 Å². The van der Waals surface area contributed by atoms with E-state index in [-0.39, 0.29) is 0 Å². The zero-order valence-corrected chi connectivity index (χ0v) is 5.47. The van der Waals surface area contributed by atoms with E-state index < -0.39 is 0 Å². The van der Waals surface area contributed by atoms with Gasteiger partial charge in [0.25, 0.3) is 0 Å². The number of guanidine groups is 1. The summed E-state index contributed by atoms with van der Waals surface area (Å²) in [6, 6.07) is 0. The Hall–Kier alpha value is -0.930. The average Bonchev–Trinajstić information content (AvgIpc) is 1.67. The van der Waals surface area contributed by atoms with Crippen LogP contribution in [0, 0.1) is 0 Å². The number of nitrogens with zero attached hydrogens (tertiary/aromatic N) is 2. The zero-order valence-electron chi connectivity index (χ0n) is 5.47. The summed E-state index contributed by atoms with van der Waals surface area (Å²) in [5.41, 5.74) is 7.91. The van der Waals surface area contributed by atoms with Crippen LogP contribution >= 0.6 is 0 Å². The molecule has 0 aliphatic carbocycles. The molecule has 0 aromatic heterocycles. The lowest BCUT2D eigenvalue weighted by molar-refractivity contribution is 0.603. The Morgan fingerprint density at radius 2 is 2.12 bits per heavy atom. The molecule has 0 fully saturated rings. The van der Waals surface area contributed by atoms with E-state index in [9.17, 15) is 0 Å². The summed E-state index contributed by atoms with van der Waals surface area (Å²) in [6.07, 6.45) is 0. The van der Waals surface area contributed by atoms with Crippen molar-refractivity contribution in [1.29, 1.82) is 0 Å². The molecule has 4 nitrogen and oxygen atoms in total. The normalized spacial score (nSPS) is 11.1. The second-order valence-electron chi connectivity index (χ2n) is 1.59. The molecule has 0 atom stereocenters. The van der Waals surface area contributed by atoms with Gasteiger partial charge in [-0.15, -0.1) is 5.10 Å². The van der Waals surface area contributed by atoms with Crippen LogP contribution in [0.5, 0.6) is 0 Å². The minimum Gasteiger partial charge on any atom is -0.368 e. The van der Waals surface area contributed by atoms with Crippen molar-refractivity contribution in [2.45, 2.75) is 0 Å². The summed E-state index contributed by atoms with van der Waals surface area (Å²) in [7, 11) is 5.36. The van der Waals surface area contributed by atoms with Gasteiger partial charge in [0.15, 0.2) is 0 Å². The molecule has 0 aromatic carbocycles. The van der Waals surface area contributed by atoms with Crippen LogP contribution in [0.15, 0.2) is 5.10 Å². The largest absolute Gasteiger partial charge is 0.368 e. The van der Waals surface area contributed by atoms with E-state index in [2.05, 4.69) is 10.5 Å². The van der Waals surface area contributed by atoms with Crippen LogP contribution in [0.2, 0.25) is 0 Å². The summed E-state index contributed by atoms with van der Waals surface area (Å²) < 4.78 is 0. The van der Waals surface area contributed by atoms with Crippen LogP contribution < -0.4 is 11.2 Å².